The van der Waals surface area contributed by atoms with Gasteiger partial charge in [-0.1, -0.05) is 31.5 Å². The van der Waals surface area contributed by atoms with Crippen LogP contribution >= 0.6 is 11.6 Å². The van der Waals surface area contributed by atoms with E-state index < -0.39 is 0 Å². The van der Waals surface area contributed by atoms with Crippen LogP contribution in [0.5, 0.6) is 0 Å². The van der Waals surface area contributed by atoms with Gasteiger partial charge in [-0.2, -0.15) is 0 Å². The van der Waals surface area contributed by atoms with Crippen molar-refractivity contribution in [1.82, 2.24) is 4.98 Å². The quantitative estimate of drug-likeness (QED) is 0.663. The number of carbonyl (C=O) groups is 1. The molecule has 1 amide bonds. The van der Waals surface area contributed by atoms with Gasteiger partial charge in [0.2, 0.25) is 11.8 Å². The number of amides is 1. The summed E-state index contributed by atoms with van der Waals surface area (Å²) in [7, 11) is 0. The summed E-state index contributed by atoms with van der Waals surface area (Å²) < 4.78 is 5.78. The van der Waals surface area contributed by atoms with Gasteiger partial charge in [0.05, 0.1) is 0 Å². The van der Waals surface area contributed by atoms with Crippen molar-refractivity contribution in [2.24, 2.45) is 5.92 Å². The van der Waals surface area contributed by atoms with Gasteiger partial charge < -0.3 is 9.73 Å². The molecule has 5 heteroatoms. The van der Waals surface area contributed by atoms with Crippen LogP contribution in [0.2, 0.25) is 5.02 Å². The minimum atomic E-state index is 0.0278. The van der Waals surface area contributed by atoms with Crippen LogP contribution < -0.4 is 5.32 Å². The fraction of sp³-hybridized carbons (Fsp3) is 0.263. The number of oxazole rings is 1. The molecule has 4 nitrogen and oxygen atoms in total. The first-order valence-corrected chi connectivity index (χ1v) is 8.46. The summed E-state index contributed by atoms with van der Waals surface area (Å²) in [6, 6.07) is 12.8. The zero-order chi connectivity index (χ0) is 17.1. The molecule has 0 aliphatic heterocycles. The van der Waals surface area contributed by atoms with Gasteiger partial charge >= 0.3 is 0 Å². The number of nitrogens with zero attached hydrogens (tertiary/aromatic N) is 1. The minimum Gasteiger partial charge on any atom is -0.436 e. The highest BCUT2D eigenvalue weighted by atomic mass is 35.5. The van der Waals surface area contributed by atoms with E-state index in [-0.39, 0.29) is 11.8 Å². The molecule has 3 aromatic rings. The molecule has 0 atom stereocenters. The highest BCUT2D eigenvalue weighted by Gasteiger charge is 2.15. The van der Waals surface area contributed by atoms with Gasteiger partial charge in [0, 0.05) is 22.2 Å². The largest absolute Gasteiger partial charge is 0.436 e. The van der Waals surface area contributed by atoms with Gasteiger partial charge in [0.25, 0.3) is 0 Å². The number of benzene rings is 2. The fourth-order valence-electron chi connectivity index (χ4n) is 2.65. The lowest BCUT2D eigenvalue weighted by Crippen LogP contribution is -2.21. The molecule has 0 saturated carbocycles. The van der Waals surface area contributed by atoms with Crippen molar-refractivity contribution < 1.29 is 9.21 Å². The lowest BCUT2D eigenvalue weighted by molar-refractivity contribution is -0.120. The van der Waals surface area contributed by atoms with Crippen molar-refractivity contribution in [1.29, 1.82) is 0 Å². The number of hydrogen-bond donors (Lipinski definition) is 1. The predicted molar refractivity (Wildman–Crippen MR) is 97.2 cm³/mol. The maximum Gasteiger partial charge on any atom is 0.227 e. The SMILES string of the molecule is CCC(CC)C(=O)Nc1ccc2oc(-c3cccc(Cl)c3)nc2c1. The van der Waals surface area contributed by atoms with Crippen LogP contribution in [0.4, 0.5) is 5.69 Å². The predicted octanol–water partition coefficient (Wildman–Crippen LogP) is 5.52. The molecule has 1 N–H and O–H groups in total. The Morgan fingerprint density at radius 1 is 1.21 bits per heavy atom. The summed E-state index contributed by atoms with van der Waals surface area (Å²) in [4.78, 5) is 16.7. The molecule has 2 aromatic carbocycles. The molecule has 0 spiro atoms. The van der Waals surface area contributed by atoms with Gasteiger partial charge in [0.15, 0.2) is 5.58 Å². The van der Waals surface area contributed by atoms with Gasteiger partial charge in [-0.25, -0.2) is 4.98 Å². The Bertz CT molecular complexity index is 869. The van der Waals surface area contributed by atoms with E-state index in [1.165, 1.54) is 0 Å². The molecular formula is C19H19ClN2O2. The van der Waals surface area contributed by atoms with E-state index in [1.54, 1.807) is 6.07 Å². The number of anilines is 1. The highest BCUT2D eigenvalue weighted by molar-refractivity contribution is 6.30. The number of hydrogen-bond acceptors (Lipinski definition) is 3. The van der Waals surface area contributed by atoms with Gasteiger partial charge in [0.1, 0.15) is 5.52 Å². The second-order valence-electron chi connectivity index (χ2n) is 5.71. The fourth-order valence-corrected chi connectivity index (χ4v) is 2.84. The monoisotopic (exact) mass is 342 g/mol. The first-order chi connectivity index (χ1) is 11.6. The Morgan fingerprint density at radius 3 is 2.71 bits per heavy atom. The van der Waals surface area contributed by atoms with Crippen molar-refractivity contribution in [3.63, 3.8) is 0 Å². The molecule has 0 unspecified atom stereocenters. The van der Waals surface area contributed by atoms with Crippen molar-refractivity contribution in [2.75, 3.05) is 5.32 Å². The number of nitrogens with one attached hydrogen (secondary N) is 1. The smallest absolute Gasteiger partial charge is 0.227 e. The second kappa shape index (κ2) is 7.05. The summed E-state index contributed by atoms with van der Waals surface area (Å²) in [6.07, 6.45) is 1.65. The number of fused-ring (bicyclic) bond motifs is 1. The lowest BCUT2D eigenvalue weighted by Gasteiger charge is -2.12. The third-order valence-corrected chi connectivity index (χ3v) is 4.32. The molecular weight excluding hydrogens is 324 g/mol. The number of carbonyl (C=O) groups excluding carboxylic acids is 1. The molecule has 0 saturated heterocycles. The van der Waals surface area contributed by atoms with E-state index >= 15 is 0 Å². The summed E-state index contributed by atoms with van der Waals surface area (Å²) in [6.45, 7) is 4.04. The van der Waals surface area contributed by atoms with E-state index in [1.807, 2.05) is 50.2 Å². The molecule has 124 valence electrons. The average Bonchev–Trinajstić information content (AvgIpc) is 2.99. The van der Waals surface area contributed by atoms with E-state index in [0.29, 0.717) is 22.0 Å². The van der Waals surface area contributed by atoms with Crippen molar-refractivity contribution in [3.8, 4) is 11.5 Å². The Hall–Kier alpha value is -2.33. The van der Waals surface area contributed by atoms with Crippen LogP contribution in [0.1, 0.15) is 26.7 Å². The van der Waals surface area contributed by atoms with E-state index in [9.17, 15) is 4.79 Å². The van der Waals surface area contributed by atoms with E-state index in [4.69, 9.17) is 16.0 Å². The van der Waals surface area contributed by atoms with Gasteiger partial charge in [-0.3, -0.25) is 4.79 Å². The van der Waals surface area contributed by atoms with Crippen LogP contribution in [0.3, 0.4) is 0 Å². The molecule has 3 rings (SSSR count). The minimum absolute atomic E-state index is 0.0278. The Kier molecular flexibility index (Phi) is 4.86. The molecule has 24 heavy (non-hydrogen) atoms. The Labute approximate surface area is 145 Å². The van der Waals surface area contributed by atoms with E-state index in [0.717, 1.165) is 24.1 Å². The van der Waals surface area contributed by atoms with Gasteiger partial charge in [-0.05, 0) is 49.2 Å². The Morgan fingerprint density at radius 2 is 2.00 bits per heavy atom. The molecule has 0 aliphatic rings. The van der Waals surface area contributed by atoms with Crippen LogP contribution in [0.25, 0.3) is 22.6 Å². The summed E-state index contributed by atoms with van der Waals surface area (Å²) >= 11 is 6.02. The molecule has 0 fully saturated rings. The van der Waals surface area contributed by atoms with Crippen molar-refractivity contribution in [2.45, 2.75) is 26.7 Å². The topological polar surface area (TPSA) is 55.1 Å². The standard InChI is InChI=1S/C19H19ClN2O2/c1-3-12(4-2)18(23)21-15-8-9-17-16(11-15)22-19(24-17)13-6-5-7-14(20)10-13/h5-12H,3-4H2,1-2H3,(H,21,23). The summed E-state index contributed by atoms with van der Waals surface area (Å²) in [5.74, 6) is 0.578. The third kappa shape index (κ3) is 3.44. The molecule has 0 aliphatic carbocycles. The lowest BCUT2D eigenvalue weighted by atomic mass is 10.0. The maximum absolute atomic E-state index is 12.2. The first kappa shape index (κ1) is 16.5. The van der Waals surface area contributed by atoms with E-state index in [2.05, 4.69) is 10.3 Å². The number of aromatic nitrogens is 1. The first-order valence-electron chi connectivity index (χ1n) is 8.08. The summed E-state index contributed by atoms with van der Waals surface area (Å²) in [5.41, 5.74) is 2.92. The van der Waals surface area contributed by atoms with Crippen LogP contribution in [-0.4, -0.2) is 10.9 Å². The van der Waals surface area contributed by atoms with Crippen LogP contribution in [0.15, 0.2) is 46.9 Å². The zero-order valence-corrected chi connectivity index (χ0v) is 14.4. The number of halogens is 1. The van der Waals surface area contributed by atoms with Crippen molar-refractivity contribution >= 4 is 34.3 Å². The number of rotatable bonds is 5. The second-order valence-corrected chi connectivity index (χ2v) is 6.15. The highest BCUT2D eigenvalue weighted by Crippen LogP contribution is 2.28. The van der Waals surface area contributed by atoms with Gasteiger partial charge in [-0.15, -0.1) is 0 Å². The van der Waals surface area contributed by atoms with Crippen LogP contribution in [-0.2, 0) is 4.79 Å². The van der Waals surface area contributed by atoms with Crippen molar-refractivity contribution in [3.05, 3.63) is 47.5 Å². The third-order valence-electron chi connectivity index (χ3n) is 4.08. The molecule has 0 radical (unpaired) electrons. The molecule has 1 heterocycles. The summed E-state index contributed by atoms with van der Waals surface area (Å²) in [5, 5.41) is 3.58. The molecule has 0 bridgehead atoms. The Balaban J connectivity index is 1.88. The normalized spacial score (nSPS) is 11.2. The zero-order valence-electron chi connectivity index (χ0n) is 13.7. The molecule has 1 aromatic heterocycles. The average molecular weight is 343 g/mol. The maximum atomic E-state index is 12.2. The van der Waals surface area contributed by atoms with Crippen LogP contribution in [0, 0.1) is 5.92 Å².